The van der Waals surface area contributed by atoms with Crippen molar-refractivity contribution in [2.75, 3.05) is 11.9 Å². The standard InChI is InChI=1S/C13H20BrNO2S/c1-11-5-3-7-13(9-11)18(16,17)15-8-4-6-12(2)10-14/h3,5,7,9,12,15H,4,6,8,10H2,1-2H3. The van der Waals surface area contributed by atoms with E-state index in [9.17, 15) is 8.42 Å². The number of aryl methyl sites for hydroxylation is 1. The average molecular weight is 334 g/mol. The summed E-state index contributed by atoms with van der Waals surface area (Å²) in [6.07, 6.45) is 1.87. The summed E-state index contributed by atoms with van der Waals surface area (Å²) >= 11 is 3.41. The van der Waals surface area contributed by atoms with E-state index in [0.717, 1.165) is 23.7 Å². The molecule has 3 nitrogen and oxygen atoms in total. The van der Waals surface area contributed by atoms with Crippen molar-refractivity contribution in [2.45, 2.75) is 31.6 Å². The number of halogens is 1. The molecule has 0 saturated carbocycles. The molecule has 1 aromatic rings. The van der Waals surface area contributed by atoms with Crippen LogP contribution in [0.1, 0.15) is 25.3 Å². The summed E-state index contributed by atoms with van der Waals surface area (Å²) in [6.45, 7) is 4.52. The molecular formula is C13H20BrNO2S. The molecule has 0 radical (unpaired) electrons. The lowest BCUT2D eigenvalue weighted by Crippen LogP contribution is -2.25. The molecule has 0 fully saturated rings. The molecule has 102 valence electrons. The molecule has 1 N–H and O–H groups in total. The van der Waals surface area contributed by atoms with E-state index in [0.29, 0.717) is 17.4 Å². The Balaban J connectivity index is 2.51. The summed E-state index contributed by atoms with van der Waals surface area (Å²) in [7, 11) is -3.35. The van der Waals surface area contributed by atoms with Gasteiger partial charge in [0.1, 0.15) is 0 Å². The van der Waals surface area contributed by atoms with Crippen LogP contribution in [0.3, 0.4) is 0 Å². The lowest BCUT2D eigenvalue weighted by atomic mass is 10.1. The topological polar surface area (TPSA) is 46.2 Å². The van der Waals surface area contributed by atoms with Gasteiger partial charge in [0.05, 0.1) is 4.90 Å². The van der Waals surface area contributed by atoms with E-state index in [-0.39, 0.29) is 0 Å². The van der Waals surface area contributed by atoms with Crippen LogP contribution in [0, 0.1) is 12.8 Å². The Bertz CT molecular complexity index is 474. The Morgan fingerprint density at radius 2 is 2.11 bits per heavy atom. The molecule has 0 heterocycles. The van der Waals surface area contributed by atoms with Gasteiger partial charge >= 0.3 is 0 Å². The van der Waals surface area contributed by atoms with Gasteiger partial charge in [-0.2, -0.15) is 0 Å². The van der Waals surface area contributed by atoms with Gasteiger partial charge in [-0.1, -0.05) is 35.0 Å². The van der Waals surface area contributed by atoms with Crippen molar-refractivity contribution >= 4 is 26.0 Å². The van der Waals surface area contributed by atoms with E-state index in [4.69, 9.17) is 0 Å². The van der Waals surface area contributed by atoms with Gasteiger partial charge in [0.15, 0.2) is 0 Å². The second kappa shape index (κ2) is 7.26. The molecule has 0 aromatic heterocycles. The van der Waals surface area contributed by atoms with E-state index in [2.05, 4.69) is 27.6 Å². The lowest BCUT2D eigenvalue weighted by molar-refractivity contribution is 0.546. The monoisotopic (exact) mass is 333 g/mol. The van der Waals surface area contributed by atoms with E-state index >= 15 is 0 Å². The maximum absolute atomic E-state index is 12.0. The van der Waals surface area contributed by atoms with E-state index < -0.39 is 10.0 Å². The van der Waals surface area contributed by atoms with Crippen LogP contribution in [-0.2, 0) is 10.0 Å². The van der Waals surface area contributed by atoms with Crippen LogP contribution in [-0.4, -0.2) is 20.3 Å². The minimum Gasteiger partial charge on any atom is -0.211 e. The smallest absolute Gasteiger partial charge is 0.211 e. The maximum Gasteiger partial charge on any atom is 0.240 e. The van der Waals surface area contributed by atoms with Crippen molar-refractivity contribution in [1.82, 2.24) is 4.72 Å². The first kappa shape index (κ1) is 15.7. The highest BCUT2D eigenvalue weighted by Gasteiger charge is 2.13. The van der Waals surface area contributed by atoms with Gasteiger partial charge < -0.3 is 0 Å². The molecule has 5 heteroatoms. The van der Waals surface area contributed by atoms with Crippen LogP contribution >= 0.6 is 15.9 Å². The fourth-order valence-corrected chi connectivity index (χ4v) is 3.10. The second-order valence-corrected chi connectivity index (χ2v) is 7.03. The number of benzene rings is 1. The van der Waals surface area contributed by atoms with E-state index in [1.807, 2.05) is 13.0 Å². The van der Waals surface area contributed by atoms with E-state index in [1.54, 1.807) is 18.2 Å². The normalized spacial score (nSPS) is 13.5. The Kier molecular flexibility index (Phi) is 6.32. The number of sulfonamides is 1. The summed E-state index contributed by atoms with van der Waals surface area (Å²) in [5, 5.41) is 0.956. The summed E-state index contributed by atoms with van der Waals surface area (Å²) in [5.74, 6) is 0.577. The Hall–Kier alpha value is -0.390. The summed E-state index contributed by atoms with van der Waals surface area (Å²) in [5.41, 5.74) is 0.950. The molecule has 1 rings (SSSR count). The first-order valence-corrected chi connectivity index (χ1v) is 8.68. The third kappa shape index (κ3) is 5.08. The van der Waals surface area contributed by atoms with Crippen molar-refractivity contribution in [3.63, 3.8) is 0 Å². The molecule has 1 unspecified atom stereocenters. The molecule has 0 aliphatic rings. The highest BCUT2D eigenvalue weighted by atomic mass is 79.9. The SMILES string of the molecule is Cc1cccc(S(=O)(=O)NCCCC(C)CBr)c1. The minimum atomic E-state index is -3.35. The van der Waals surface area contributed by atoms with Gasteiger partial charge in [-0.05, 0) is 43.4 Å². The summed E-state index contributed by atoms with van der Waals surface area (Å²) < 4.78 is 26.6. The minimum absolute atomic E-state index is 0.344. The first-order valence-electron chi connectivity index (χ1n) is 6.08. The van der Waals surface area contributed by atoms with Crippen molar-refractivity contribution in [1.29, 1.82) is 0 Å². The van der Waals surface area contributed by atoms with Gasteiger partial charge in [-0.3, -0.25) is 0 Å². The zero-order chi connectivity index (χ0) is 13.6. The van der Waals surface area contributed by atoms with Crippen molar-refractivity contribution < 1.29 is 8.42 Å². The van der Waals surface area contributed by atoms with Crippen LogP contribution in [0.15, 0.2) is 29.2 Å². The number of hydrogen-bond donors (Lipinski definition) is 1. The predicted molar refractivity (Wildman–Crippen MR) is 78.6 cm³/mol. The number of nitrogens with one attached hydrogen (secondary N) is 1. The highest BCUT2D eigenvalue weighted by Crippen LogP contribution is 2.11. The fourth-order valence-electron chi connectivity index (χ4n) is 1.60. The average Bonchev–Trinajstić information content (AvgIpc) is 2.34. The van der Waals surface area contributed by atoms with Gasteiger partial charge in [0, 0.05) is 11.9 Å². The molecule has 0 aliphatic heterocycles. The third-order valence-electron chi connectivity index (χ3n) is 2.73. The zero-order valence-corrected chi connectivity index (χ0v) is 13.2. The summed E-state index contributed by atoms with van der Waals surface area (Å²) in [4.78, 5) is 0.344. The quantitative estimate of drug-likeness (QED) is 0.615. The largest absolute Gasteiger partial charge is 0.240 e. The number of alkyl halides is 1. The van der Waals surface area contributed by atoms with Gasteiger partial charge in [-0.15, -0.1) is 0 Å². The Morgan fingerprint density at radius 1 is 1.39 bits per heavy atom. The Labute approximate surface area is 118 Å². The van der Waals surface area contributed by atoms with Crippen molar-refractivity contribution in [3.8, 4) is 0 Å². The lowest BCUT2D eigenvalue weighted by Gasteiger charge is -2.09. The number of rotatable bonds is 7. The molecule has 1 atom stereocenters. The Morgan fingerprint density at radius 3 is 2.72 bits per heavy atom. The van der Waals surface area contributed by atoms with Crippen LogP contribution < -0.4 is 4.72 Å². The molecule has 1 aromatic carbocycles. The van der Waals surface area contributed by atoms with Crippen molar-refractivity contribution in [2.24, 2.45) is 5.92 Å². The predicted octanol–water partition coefficient (Wildman–Crippen LogP) is 3.08. The van der Waals surface area contributed by atoms with Gasteiger partial charge in [0.25, 0.3) is 0 Å². The van der Waals surface area contributed by atoms with Crippen molar-refractivity contribution in [3.05, 3.63) is 29.8 Å². The van der Waals surface area contributed by atoms with Gasteiger partial charge in [-0.25, -0.2) is 13.1 Å². The maximum atomic E-state index is 12.0. The molecule has 0 saturated heterocycles. The van der Waals surface area contributed by atoms with Crippen LogP contribution in [0.4, 0.5) is 0 Å². The molecule has 0 bridgehead atoms. The zero-order valence-electron chi connectivity index (χ0n) is 10.8. The molecule has 0 aliphatic carbocycles. The first-order chi connectivity index (χ1) is 8.45. The third-order valence-corrected chi connectivity index (χ3v) is 5.29. The van der Waals surface area contributed by atoms with Crippen LogP contribution in [0.25, 0.3) is 0 Å². The van der Waals surface area contributed by atoms with Crippen LogP contribution in [0.2, 0.25) is 0 Å². The molecular weight excluding hydrogens is 314 g/mol. The number of hydrogen-bond acceptors (Lipinski definition) is 2. The summed E-state index contributed by atoms with van der Waals surface area (Å²) in [6, 6.07) is 6.95. The molecule has 0 amide bonds. The fraction of sp³-hybridized carbons (Fsp3) is 0.538. The van der Waals surface area contributed by atoms with Crippen LogP contribution in [0.5, 0.6) is 0 Å². The van der Waals surface area contributed by atoms with Gasteiger partial charge in [0.2, 0.25) is 10.0 Å². The molecule has 18 heavy (non-hydrogen) atoms. The second-order valence-electron chi connectivity index (χ2n) is 4.62. The molecule has 0 spiro atoms. The van der Waals surface area contributed by atoms with E-state index in [1.165, 1.54) is 0 Å². The highest BCUT2D eigenvalue weighted by molar-refractivity contribution is 9.09.